The van der Waals surface area contributed by atoms with E-state index in [1.54, 1.807) is 7.11 Å². The second-order valence-corrected chi connectivity index (χ2v) is 8.79. The number of benzene rings is 1. The van der Waals surface area contributed by atoms with E-state index >= 15 is 0 Å². The van der Waals surface area contributed by atoms with E-state index < -0.39 is 6.10 Å². The van der Waals surface area contributed by atoms with Crippen molar-refractivity contribution >= 4 is 0 Å². The fraction of sp³-hybridized carbons (Fsp3) is 0.700. The maximum atomic E-state index is 10.6. The summed E-state index contributed by atoms with van der Waals surface area (Å²) < 4.78 is 5.76. The minimum Gasteiger partial charge on any atom is -0.496 e. The lowest BCUT2D eigenvalue weighted by Crippen LogP contribution is -2.20. The van der Waals surface area contributed by atoms with Crippen molar-refractivity contribution in [1.82, 2.24) is 0 Å². The van der Waals surface area contributed by atoms with Crippen LogP contribution in [0.5, 0.6) is 5.75 Å². The molecule has 2 heteroatoms. The summed E-state index contributed by atoms with van der Waals surface area (Å²) in [6, 6.07) is 4.25. The van der Waals surface area contributed by atoms with Crippen LogP contribution in [0.15, 0.2) is 12.1 Å². The lowest BCUT2D eigenvalue weighted by atomic mass is 9.77. The van der Waals surface area contributed by atoms with Gasteiger partial charge in [0.2, 0.25) is 0 Å². The molecule has 1 unspecified atom stereocenters. The zero-order chi connectivity index (χ0) is 17.3. The van der Waals surface area contributed by atoms with E-state index in [-0.39, 0.29) is 10.8 Å². The van der Waals surface area contributed by atoms with Crippen LogP contribution in [0, 0.1) is 5.92 Å². The molecule has 1 rings (SSSR count). The molecule has 0 saturated carbocycles. The van der Waals surface area contributed by atoms with Crippen molar-refractivity contribution in [3.63, 3.8) is 0 Å². The Labute approximate surface area is 136 Å². The third kappa shape index (κ3) is 4.49. The molecule has 0 spiro atoms. The largest absolute Gasteiger partial charge is 0.496 e. The third-order valence-corrected chi connectivity index (χ3v) is 4.01. The number of aliphatic hydroxyl groups is 1. The Bertz CT molecular complexity index is 466. The van der Waals surface area contributed by atoms with Gasteiger partial charge in [0.05, 0.1) is 13.2 Å². The summed E-state index contributed by atoms with van der Waals surface area (Å²) in [5, 5.41) is 10.6. The Balaban J connectivity index is 3.56. The number of hydrogen-bond donors (Lipinski definition) is 1. The molecule has 1 aromatic rings. The molecular formula is C20H34O2. The van der Waals surface area contributed by atoms with E-state index in [0.29, 0.717) is 5.92 Å². The molecule has 0 heterocycles. The van der Waals surface area contributed by atoms with E-state index in [9.17, 15) is 5.11 Å². The van der Waals surface area contributed by atoms with Crippen LogP contribution in [-0.4, -0.2) is 12.2 Å². The van der Waals surface area contributed by atoms with Gasteiger partial charge < -0.3 is 9.84 Å². The van der Waals surface area contributed by atoms with Crippen molar-refractivity contribution in [2.45, 2.75) is 78.7 Å². The first-order valence-electron chi connectivity index (χ1n) is 8.29. The van der Waals surface area contributed by atoms with Gasteiger partial charge in [-0.3, -0.25) is 0 Å². The van der Waals surface area contributed by atoms with E-state index in [1.165, 1.54) is 11.1 Å². The predicted octanol–water partition coefficient (Wildman–Crippen LogP) is 5.37. The first-order valence-corrected chi connectivity index (χ1v) is 8.29. The van der Waals surface area contributed by atoms with E-state index in [0.717, 1.165) is 17.7 Å². The Morgan fingerprint density at radius 1 is 0.955 bits per heavy atom. The predicted molar refractivity (Wildman–Crippen MR) is 94.8 cm³/mol. The van der Waals surface area contributed by atoms with Crippen LogP contribution in [0.3, 0.4) is 0 Å². The van der Waals surface area contributed by atoms with Crippen LogP contribution in [0.25, 0.3) is 0 Å². The molecular weight excluding hydrogens is 272 g/mol. The van der Waals surface area contributed by atoms with Gasteiger partial charge in [-0.2, -0.15) is 0 Å². The zero-order valence-corrected chi connectivity index (χ0v) is 15.9. The summed E-state index contributed by atoms with van der Waals surface area (Å²) in [5.74, 6) is 1.42. The molecule has 0 aromatic heterocycles. The number of ether oxygens (including phenoxy) is 1. The number of methoxy groups -OCH3 is 1. The van der Waals surface area contributed by atoms with Crippen LogP contribution in [0.2, 0.25) is 0 Å². The van der Waals surface area contributed by atoms with Crippen molar-refractivity contribution in [1.29, 1.82) is 0 Å². The Kier molecular flexibility index (Phi) is 5.72. The molecule has 0 bridgehead atoms. The Morgan fingerprint density at radius 3 is 1.64 bits per heavy atom. The molecule has 1 N–H and O–H groups in total. The van der Waals surface area contributed by atoms with Gasteiger partial charge in [0.1, 0.15) is 5.75 Å². The van der Waals surface area contributed by atoms with Crippen LogP contribution < -0.4 is 4.74 Å². The normalized spacial score (nSPS) is 14.3. The van der Waals surface area contributed by atoms with Crippen molar-refractivity contribution < 1.29 is 9.84 Å². The second kappa shape index (κ2) is 6.62. The highest BCUT2D eigenvalue weighted by Gasteiger charge is 2.28. The molecule has 0 amide bonds. The van der Waals surface area contributed by atoms with Gasteiger partial charge >= 0.3 is 0 Å². The average molecular weight is 306 g/mol. The molecule has 0 aliphatic rings. The smallest absolute Gasteiger partial charge is 0.126 e. The Morgan fingerprint density at radius 2 is 1.36 bits per heavy atom. The molecule has 2 nitrogen and oxygen atoms in total. The first-order chi connectivity index (χ1) is 9.87. The summed E-state index contributed by atoms with van der Waals surface area (Å²) in [6.07, 6.45) is 0.354. The van der Waals surface area contributed by atoms with Gasteiger partial charge in [-0.25, -0.2) is 0 Å². The molecule has 0 radical (unpaired) electrons. The van der Waals surface area contributed by atoms with Crippen molar-refractivity contribution in [3.8, 4) is 5.75 Å². The lowest BCUT2D eigenvalue weighted by molar-refractivity contribution is 0.150. The van der Waals surface area contributed by atoms with Gasteiger partial charge in [0.15, 0.2) is 0 Å². The fourth-order valence-electron chi connectivity index (χ4n) is 2.76. The van der Waals surface area contributed by atoms with Gasteiger partial charge in [-0.05, 0) is 40.9 Å². The maximum absolute atomic E-state index is 10.6. The van der Waals surface area contributed by atoms with Gasteiger partial charge in [0.25, 0.3) is 0 Å². The van der Waals surface area contributed by atoms with E-state index in [1.807, 2.05) is 0 Å². The molecule has 1 atom stereocenters. The molecule has 22 heavy (non-hydrogen) atoms. The van der Waals surface area contributed by atoms with Crippen molar-refractivity contribution in [2.75, 3.05) is 7.11 Å². The molecule has 0 aliphatic heterocycles. The molecule has 0 aliphatic carbocycles. The highest BCUT2D eigenvalue weighted by Crippen LogP contribution is 2.42. The highest BCUT2D eigenvalue weighted by atomic mass is 16.5. The number of rotatable bonds is 4. The summed E-state index contributed by atoms with van der Waals surface area (Å²) >= 11 is 0. The minimum atomic E-state index is -0.423. The molecule has 126 valence electrons. The number of hydrogen-bond acceptors (Lipinski definition) is 2. The highest BCUT2D eigenvalue weighted by molar-refractivity contribution is 5.51. The molecule has 0 saturated heterocycles. The fourth-order valence-corrected chi connectivity index (χ4v) is 2.76. The van der Waals surface area contributed by atoms with Gasteiger partial charge in [0, 0.05) is 11.1 Å². The van der Waals surface area contributed by atoms with E-state index in [2.05, 4.69) is 67.5 Å². The quantitative estimate of drug-likeness (QED) is 0.810. The molecule has 1 aromatic carbocycles. The van der Waals surface area contributed by atoms with Gasteiger partial charge in [-0.1, -0.05) is 55.4 Å². The average Bonchev–Trinajstić information content (AvgIpc) is 2.34. The first kappa shape index (κ1) is 19.0. The summed E-state index contributed by atoms with van der Waals surface area (Å²) in [4.78, 5) is 0. The van der Waals surface area contributed by atoms with Crippen molar-refractivity contribution in [2.24, 2.45) is 5.92 Å². The zero-order valence-electron chi connectivity index (χ0n) is 15.9. The van der Waals surface area contributed by atoms with Gasteiger partial charge in [-0.15, -0.1) is 0 Å². The monoisotopic (exact) mass is 306 g/mol. The topological polar surface area (TPSA) is 29.5 Å². The number of aliphatic hydroxyl groups excluding tert-OH is 1. The molecule has 0 fully saturated rings. The second-order valence-electron chi connectivity index (χ2n) is 8.79. The van der Waals surface area contributed by atoms with Crippen molar-refractivity contribution in [3.05, 3.63) is 28.8 Å². The van der Waals surface area contributed by atoms with Crippen LogP contribution in [-0.2, 0) is 10.8 Å². The summed E-state index contributed by atoms with van der Waals surface area (Å²) in [6.45, 7) is 17.4. The Hall–Kier alpha value is -1.02. The summed E-state index contributed by atoms with van der Waals surface area (Å²) in [7, 11) is 1.74. The maximum Gasteiger partial charge on any atom is 0.126 e. The third-order valence-electron chi connectivity index (χ3n) is 4.01. The van der Waals surface area contributed by atoms with Crippen LogP contribution >= 0.6 is 0 Å². The SMILES string of the molecule is COc1c(C(C)(C)C)cc(C(O)CC(C)C)cc1C(C)(C)C. The van der Waals surface area contributed by atoms with Crippen LogP contribution in [0.4, 0.5) is 0 Å². The van der Waals surface area contributed by atoms with E-state index in [4.69, 9.17) is 4.74 Å². The summed E-state index contributed by atoms with van der Waals surface area (Å²) in [5.41, 5.74) is 3.28. The standard InChI is InChI=1S/C20H34O2/c1-13(2)10-17(21)14-11-15(19(3,4)5)18(22-9)16(12-14)20(6,7)8/h11-13,17,21H,10H2,1-9H3. The van der Waals surface area contributed by atoms with Crippen LogP contribution in [0.1, 0.15) is 84.6 Å². The lowest BCUT2D eigenvalue weighted by Gasteiger charge is -2.31. The minimum absolute atomic E-state index is 0.0289.